The van der Waals surface area contributed by atoms with Gasteiger partial charge in [0.25, 0.3) is 0 Å². The van der Waals surface area contributed by atoms with Crippen LogP contribution in [-0.2, 0) is 0 Å². The number of oxazole rings is 1. The quantitative estimate of drug-likeness (QED) is 0.740. The van der Waals surface area contributed by atoms with Crippen molar-refractivity contribution in [1.82, 2.24) is 4.98 Å². The van der Waals surface area contributed by atoms with Crippen LogP contribution in [0.4, 0.5) is 0 Å². The molecular formula is C11H12N2O3. The maximum absolute atomic E-state index is 11.9. The molecule has 2 rings (SSSR count). The van der Waals surface area contributed by atoms with Crippen molar-refractivity contribution in [3.8, 4) is 0 Å². The van der Waals surface area contributed by atoms with E-state index in [-0.39, 0.29) is 5.78 Å². The Morgan fingerprint density at radius 1 is 1.44 bits per heavy atom. The van der Waals surface area contributed by atoms with Crippen molar-refractivity contribution in [3.63, 3.8) is 0 Å². The van der Waals surface area contributed by atoms with Gasteiger partial charge >= 0.3 is 5.76 Å². The smallest absolute Gasteiger partial charge is 0.408 e. The van der Waals surface area contributed by atoms with Gasteiger partial charge in [-0.3, -0.25) is 9.78 Å². The minimum Gasteiger partial charge on any atom is -0.408 e. The van der Waals surface area contributed by atoms with E-state index in [2.05, 4.69) is 4.98 Å². The number of rotatable bonds is 2. The highest BCUT2D eigenvalue weighted by Crippen LogP contribution is 2.16. The molecule has 0 aliphatic carbocycles. The van der Waals surface area contributed by atoms with Crippen molar-refractivity contribution in [2.24, 2.45) is 5.73 Å². The highest BCUT2D eigenvalue weighted by Gasteiger charge is 2.23. The highest BCUT2D eigenvalue weighted by molar-refractivity contribution is 6.04. The standard InChI is InChI=1S/C11H12N2O3/c1-11(2,12)9(14)6-3-4-7-8(5-6)16-10(15)13-7/h3-5H,12H2,1-2H3,(H,13,15). The summed E-state index contributed by atoms with van der Waals surface area (Å²) >= 11 is 0. The number of aromatic nitrogens is 1. The molecule has 0 spiro atoms. The monoisotopic (exact) mass is 220 g/mol. The van der Waals surface area contributed by atoms with E-state index < -0.39 is 11.3 Å². The van der Waals surface area contributed by atoms with E-state index in [0.29, 0.717) is 16.7 Å². The van der Waals surface area contributed by atoms with Gasteiger partial charge in [-0.05, 0) is 32.0 Å². The Morgan fingerprint density at radius 2 is 2.12 bits per heavy atom. The lowest BCUT2D eigenvalue weighted by atomic mass is 9.94. The molecule has 0 unspecified atom stereocenters. The number of nitrogens with two attached hydrogens (primary N) is 1. The van der Waals surface area contributed by atoms with Crippen molar-refractivity contribution in [2.75, 3.05) is 0 Å². The fraction of sp³-hybridized carbons (Fsp3) is 0.273. The zero-order valence-corrected chi connectivity index (χ0v) is 9.03. The van der Waals surface area contributed by atoms with Gasteiger partial charge in [0.2, 0.25) is 0 Å². The first kappa shape index (κ1) is 10.6. The van der Waals surface area contributed by atoms with Crippen LogP contribution in [0.1, 0.15) is 24.2 Å². The van der Waals surface area contributed by atoms with Crippen LogP contribution in [0.25, 0.3) is 11.1 Å². The largest absolute Gasteiger partial charge is 0.417 e. The summed E-state index contributed by atoms with van der Waals surface area (Å²) in [5.41, 5.74) is 6.13. The lowest BCUT2D eigenvalue weighted by molar-refractivity contribution is 0.0913. The number of hydrogen-bond acceptors (Lipinski definition) is 4. The second-order valence-electron chi connectivity index (χ2n) is 4.28. The molecular weight excluding hydrogens is 208 g/mol. The molecule has 0 saturated carbocycles. The maximum atomic E-state index is 11.9. The summed E-state index contributed by atoms with van der Waals surface area (Å²) in [6.07, 6.45) is 0. The average Bonchev–Trinajstić information content (AvgIpc) is 2.54. The number of fused-ring (bicyclic) bond motifs is 1. The first-order chi connectivity index (χ1) is 7.38. The molecule has 0 fully saturated rings. The predicted octanol–water partition coefficient (Wildman–Crippen LogP) is 1.04. The van der Waals surface area contributed by atoms with Gasteiger partial charge in [0.1, 0.15) is 0 Å². The number of aromatic amines is 1. The molecule has 5 nitrogen and oxygen atoms in total. The SMILES string of the molecule is CC(C)(N)C(=O)c1ccc2[nH]c(=O)oc2c1. The molecule has 3 N–H and O–H groups in total. The van der Waals surface area contributed by atoms with Crippen LogP contribution < -0.4 is 11.5 Å². The van der Waals surface area contributed by atoms with Gasteiger partial charge in [-0.15, -0.1) is 0 Å². The Kier molecular flexibility index (Phi) is 2.20. The van der Waals surface area contributed by atoms with Crippen molar-refractivity contribution in [3.05, 3.63) is 34.3 Å². The first-order valence-electron chi connectivity index (χ1n) is 4.84. The summed E-state index contributed by atoms with van der Waals surface area (Å²) in [5, 5.41) is 0. The van der Waals surface area contributed by atoms with E-state index in [1.807, 2.05) is 0 Å². The molecule has 1 aromatic carbocycles. The van der Waals surface area contributed by atoms with E-state index in [0.717, 1.165) is 0 Å². The number of hydrogen-bond donors (Lipinski definition) is 2. The van der Waals surface area contributed by atoms with Crippen molar-refractivity contribution < 1.29 is 9.21 Å². The molecule has 2 aromatic rings. The number of carbonyl (C=O) groups is 1. The van der Waals surface area contributed by atoms with Gasteiger partial charge < -0.3 is 10.2 Å². The third-order valence-electron chi connectivity index (χ3n) is 2.27. The number of H-pyrrole nitrogens is 1. The van der Waals surface area contributed by atoms with E-state index in [1.54, 1.807) is 26.0 Å². The Hall–Kier alpha value is -1.88. The van der Waals surface area contributed by atoms with Gasteiger partial charge in [0.05, 0.1) is 11.1 Å². The highest BCUT2D eigenvalue weighted by atomic mass is 16.4. The molecule has 84 valence electrons. The lowest BCUT2D eigenvalue weighted by Gasteiger charge is -2.16. The zero-order chi connectivity index (χ0) is 11.9. The van der Waals surface area contributed by atoms with Crippen LogP contribution in [-0.4, -0.2) is 16.3 Å². The Labute approximate surface area is 91.2 Å². The molecule has 0 radical (unpaired) electrons. The molecule has 0 bridgehead atoms. The Morgan fingerprint density at radius 3 is 2.75 bits per heavy atom. The van der Waals surface area contributed by atoms with Crippen molar-refractivity contribution in [2.45, 2.75) is 19.4 Å². The Balaban J connectivity index is 2.55. The first-order valence-corrected chi connectivity index (χ1v) is 4.84. The van der Waals surface area contributed by atoms with Gasteiger partial charge in [0, 0.05) is 5.56 Å². The van der Waals surface area contributed by atoms with Gasteiger partial charge in [-0.25, -0.2) is 4.79 Å². The van der Waals surface area contributed by atoms with Crippen LogP contribution in [0.5, 0.6) is 0 Å². The topological polar surface area (TPSA) is 89.1 Å². The van der Waals surface area contributed by atoms with E-state index in [1.165, 1.54) is 6.07 Å². The molecule has 1 heterocycles. The normalized spacial score (nSPS) is 11.9. The number of ketones is 1. The van der Waals surface area contributed by atoms with Gasteiger partial charge in [-0.1, -0.05) is 0 Å². The van der Waals surface area contributed by atoms with Crippen LogP contribution in [0, 0.1) is 0 Å². The van der Waals surface area contributed by atoms with Crippen LogP contribution in [0.2, 0.25) is 0 Å². The minimum atomic E-state index is -0.940. The van der Waals surface area contributed by atoms with E-state index in [4.69, 9.17) is 10.2 Å². The van der Waals surface area contributed by atoms with Crippen molar-refractivity contribution in [1.29, 1.82) is 0 Å². The molecule has 1 aromatic heterocycles. The molecule has 0 atom stereocenters. The molecule has 0 aliphatic rings. The fourth-order valence-corrected chi connectivity index (χ4v) is 1.46. The summed E-state index contributed by atoms with van der Waals surface area (Å²) in [6.45, 7) is 3.26. The second-order valence-corrected chi connectivity index (χ2v) is 4.28. The molecule has 5 heteroatoms. The summed E-state index contributed by atoms with van der Waals surface area (Å²) < 4.78 is 4.87. The fourth-order valence-electron chi connectivity index (χ4n) is 1.46. The van der Waals surface area contributed by atoms with Crippen molar-refractivity contribution >= 4 is 16.9 Å². The summed E-state index contributed by atoms with van der Waals surface area (Å²) in [4.78, 5) is 25.3. The number of nitrogens with one attached hydrogen (secondary N) is 1. The molecule has 0 saturated heterocycles. The van der Waals surface area contributed by atoms with Crippen LogP contribution in [0.3, 0.4) is 0 Å². The predicted molar refractivity (Wildman–Crippen MR) is 59.4 cm³/mol. The lowest BCUT2D eigenvalue weighted by Crippen LogP contribution is -2.41. The average molecular weight is 220 g/mol. The van der Waals surface area contributed by atoms with E-state index in [9.17, 15) is 9.59 Å². The summed E-state index contributed by atoms with van der Waals surface area (Å²) in [7, 11) is 0. The third kappa shape index (κ3) is 1.77. The summed E-state index contributed by atoms with van der Waals surface area (Å²) in [5.74, 6) is -0.732. The van der Waals surface area contributed by atoms with E-state index >= 15 is 0 Å². The zero-order valence-electron chi connectivity index (χ0n) is 9.03. The minimum absolute atomic E-state index is 0.196. The maximum Gasteiger partial charge on any atom is 0.417 e. The molecule has 16 heavy (non-hydrogen) atoms. The van der Waals surface area contributed by atoms with Gasteiger partial charge in [0.15, 0.2) is 11.4 Å². The number of carbonyl (C=O) groups excluding carboxylic acids is 1. The van der Waals surface area contributed by atoms with Gasteiger partial charge in [-0.2, -0.15) is 0 Å². The number of Topliss-reactive ketones (excluding diaryl/α,β-unsaturated/α-hetero) is 1. The van der Waals surface area contributed by atoms with Crippen LogP contribution in [0.15, 0.2) is 27.4 Å². The second kappa shape index (κ2) is 3.31. The Bertz CT molecular complexity index is 601. The number of benzene rings is 1. The molecule has 0 aliphatic heterocycles. The molecule has 0 amide bonds. The third-order valence-corrected chi connectivity index (χ3v) is 2.27. The van der Waals surface area contributed by atoms with Crippen LogP contribution >= 0.6 is 0 Å². The summed E-state index contributed by atoms with van der Waals surface area (Å²) in [6, 6.07) is 4.76.